The number of nitrogens with two attached hydrogens (primary N) is 1. The van der Waals surface area contributed by atoms with Crippen LogP contribution in [0.4, 0.5) is 0 Å². The molecule has 0 saturated heterocycles. The van der Waals surface area contributed by atoms with Crippen molar-refractivity contribution in [3.05, 3.63) is 0 Å². The van der Waals surface area contributed by atoms with Gasteiger partial charge in [-0.2, -0.15) is 11.8 Å². The lowest BCUT2D eigenvalue weighted by Gasteiger charge is -2.34. The lowest BCUT2D eigenvalue weighted by atomic mass is 9.79. The van der Waals surface area contributed by atoms with E-state index >= 15 is 0 Å². The summed E-state index contributed by atoms with van der Waals surface area (Å²) in [6, 6.07) is 0. The Morgan fingerprint density at radius 1 is 1.42 bits per heavy atom. The second-order valence-electron chi connectivity index (χ2n) is 5.45. The van der Waals surface area contributed by atoms with Gasteiger partial charge in [-0.15, -0.1) is 0 Å². The summed E-state index contributed by atoms with van der Waals surface area (Å²) < 4.78 is 0. The van der Waals surface area contributed by atoms with Crippen LogP contribution in [0.2, 0.25) is 0 Å². The van der Waals surface area contributed by atoms with Gasteiger partial charge in [-0.3, -0.25) is 9.59 Å². The topological polar surface area (TPSA) is 92.4 Å². The highest BCUT2D eigenvalue weighted by Crippen LogP contribution is 2.31. The maximum absolute atomic E-state index is 11.6. The van der Waals surface area contributed by atoms with Crippen molar-refractivity contribution < 1.29 is 14.7 Å². The molecule has 110 valence electrons. The summed E-state index contributed by atoms with van der Waals surface area (Å²) in [6.07, 6.45) is 3.89. The molecular formula is C13H24N2O3S. The Kier molecular flexibility index (Phi) is 6.65. The van der Waals surface area contributed by atoms with E-state index in [9.17, 15) is 14.7 Å². The van der Waals surface area contributed by atoms with E-state index in [0.717, 1.165) is 25.7 Å². The predicted octanol–water partition coefficient (Wildman–Crippen LogP) is 0.652. The molecule has 1 rings (SSSR count). The summed E-state index contributed by atoms with van der Waals surface area (Å²) in [5.74, 6) is 1.04. The summed E-state index contributed by atoms with van der Waals surface area (Å²) >= 11 is 1.35. The smallest absolute Gasteiger partial charge is 0.227 e. The Labute approximate surface area is 118 Å². The summed E-state index contributed by atoms with van der Waals surface area (Å²) in [6.45, 7) is 2.52. The molecule has 0 unspecified atom stereocenters. The minimum Gasteiger partial charge on any atom is -0.388 e. The SMILES string of the molecule is CC1CCC(O)(CNC(=O)CCSCC(N)=O)CC1. The zero-order valence-electron chi connectivity index (χ0n) is 11.5. The van der Waals surface area contributed by atoms with Crippen molar-refractivity contribution in [3.8, 4) is 0 Å². The van der Waals surface area contributed by atoms with Crippen LogP contribution < -0.4 is 11.1 Å². The van der Waals surface area contributed by atoms with Crippen molar-refractivity contribution >= 4 is 23.6 Å². The van der Waals surface area contributed by atoms with Crippen LogP contribution in [0.1, 0.15) is 39.0 Å². The molecule has 1 saturated carbocycles. The molecule has 0 aromatic heterocycles. The molecular weight excluding hydrogens is 264 g/mol. The average Bonchev–Trinajstić information content (AvgIpc) is 2.36. The highest BCUT2D eigenvalue weighted by molar-refractivity contribution is 7.99. The first kappa shape index (κ1) is 16.3. The number of thioether (sulfide) groups is 1. The van der Waals surface area contributed by atoms with Crippen molar-refractivity contribution in [1.29, 1.82) is 0 Å². The van der Waals surface area contributed by atoms with Crippen LogP contribution in [0.3, 0.4) is 0 Å². The molecule has 0 radical (unpaired) electrons. The Morgan fingerprint density at radius 3 is 2.63 bits per heavy atom. The van der Waals surface area contributed by atoms with Gasteiger partial charge < -0.3 is 16.2 Å². The number of carbonyl (C=O) groups is 2. The number of primary amides is 1. The van der Waals surface area contributed by atoms with Crippen molar-refractivity contribution in [2.45, 2.75) is 44.6 Å². The van der Waals surface area contributed by atoms with Crippen LogP contribution in [-0.2, 0) is 9.59 Å². The Morgan fingerprint density at radius 2 is 2.05 bits per heavy atom. The molecule has 2 amide bonds. The van der Waals surface area contributed by atoms with Gasteiger partial charge in [0.1, 0.15) is 0 Å². The predicted molar refractivity (Wildman–Crippen MR) is 76.7 cm³/mol. The lowest BCUT2D eigenvalue weighted by molar-refractivity contribution is -0.122. The third-order valence-electron chi connectivity index (χ3n) is 3.54. The standard InChI is InChI=1S/C13H24N2O3S/c1-10-2-5-13(18,6-3-10)9-15-12(17)4-7-19-8-11(14)16/h10,18H,2-9H2,1H3,(H2,14,16)(H,15,17). The van der Waals surface area contributed by atoms with Crippen LogP contribution >= 0.6 is 11.8 Å². The highest BCUT2D eigenvalue weighted by Gasteiger charge is 2.31. The molecule has 0 aromatic rings. The molecule has 1 fully saturated rings. The number of hydrogen-bond acceptors (Lipinski definition) is 4. The summed E-state index contributed by atoms with van der Waals surface area (Å²) in [5.41, 5.74) is 4.27. The fraction of sp³-hybridized carbons (Fsp3) is 0.846. The first-order chi connectivity index (χ1) is 8.91. The quantitative estimate of drug-likeness (QED) is 0.600. The fourth-order valence-electron chi connectivity index (χ4n) is 2.17. The molecule has 6 heteroatoms. The zero-order valence-corrected chi connectivity index (χ0v) is 12.3. The molecule has 0 aromatic carbocycles. The number of carbonyl (C=O) groups excluding carboxylic acids is 2. The maximum atomic E-state index is 11.6. The van der Waals surface area contributed by atoms with Gasteiger partial charge in [0.25, 0.3) is 0 Å². The summed E-state index contributed by atoms with van der Waals surface area (Å²) in [4.78, 5) is 22.1. The maximum Gasteiger partial charge on any atom is 0.227 e. The molecule has 5 nitrogen and oxygen atoms in total. The van der Waals surface area contributed by atoms with E-state index in [1.807, 2.05) is 0 Å². The molecule has 19 heavy (non-hydrogen) atoms. The first-order valence-electron chi connectivity index (χ1n) is 6.76. The van der Waals surface area contributed by atoms with E-state index in [1.54, 1.807) is 0 Å². The number of hydrogen-bond donors (Lipinski definition) is 3. The lowest BCUT2D eigenvalue weighted by Crippen LogP contribution is -2.45. The molecule has 0 spiro atoms. The Bertz CT molecular complexity index is 315. The molecule has 1 aliphatic carbocycles. The highest BCUT2D eigenvalue weighted by atomic mass is 32.2. The monoisotopic (exact) mass is 288 g/mol. The van der Waals surface area contributed by atoms with Crippen molar-refractivity contribution in [2.75, 3.05) is 18.1 Å². The minimum atomic E-state index is -0.734. The largest absolute Gasteiger partial charge is 0.388 e. The third-order valence-corrected chi connectivity index (χ3v) is 4.52. The van der Waals surface area contributed by atoms with Crippen molar-refractivity contribution in [2.24, 2.45) is 11.7 Å². The summed E-state index contributed by atoms with van der Waals surface area (Å²) in [7, 11) is 0. The van der Waals surface area contributed by atoms with Crippen LogP contribution in [-0.4, -0.2) is 40.6 Å². The van der Waals surface area contributed by atoms with Gasteiger partial charge in [-0.05, 0) is 31.6 Å². The third kappa shape index (κ3) is 6.82. The molecule has 0 atom stereocenters. The van der Waals surface area contributed by atoms with Gasteiger partial charge in [0.15, 0.2) is 0 Å². The van der Waals surface area contributed by atoms with E-state index < -0.39 is 5.60 Å². The van der Waals surface area contributed by atoms with Crippen LogP contribution in [0.5, 0.6) is 0 Å². The van der Waals surface area contributed by atoms with E-state index in [0.29, 0.717) is 24.6 Å². The molecule has 1 aliphatic rings. The van der Waals surface area contributed by atoms with Gasteiger partial charge in [-0.1, -0.05) is 6.92 Å². The second kappa shape index (κ2) is 7.75. The molecule has 0 heterocycles. The average molecular weight is 288 g/mol. The number of amides is 2. The van der Waals surface area contributed by atoms with Crippen LogP contribution in [0.25, 0.3) is 0 Å². The first-order valence-corrected chi connectivity index (χ1v) is 7.92. The molecule has 0 bridgehead atoms. The van der Waals surface area contributed by atoms with E-state index in [1.165, 1.54) is 11.8 Å². The van der Waals surface area contributed by atoms with E-state index in [-0.39, 0.29) is 17.6 Å². The minimum absolute atomic E-state index is 0.0796. The normalized spacial score (nSPS) is 26.9. The molecule has 4 N–H and O–H groups in total. The van der Waals surface area contributed by atoms with E-state index in [2.05, 4.69) is 12.2 Å². The Balaban J connectivity index is 2.14. The van der Waals surface area contributed by atoms with E-state index in [4.69, 9.17) is 5.73 Å². The zero-order chi connectivity index (χ0) is 14.3. The fourth-order valence-corrected chi connectivity index (χ4v) is 2.84. The number of aliphatic hydroxyl groups is 1. The molecule has 0 aliphatic heterocycles. The summed E-state index contributed by atoms with van der Waals surface area (Å²) in [5, 5.41) is 13.1. The second-order valence-corrected chi connectivity index (χ2v) is 6.56. The van der Waals surface area contributed by atoms with Gasteiger partial charge in [0, 0.05) is 18.7 Å². The van der Waals surface area contributed by atoms with Crippen molar-refractivity contribution in [1.82, 2.24) is 5.32 Å². The van der Waals surface area contributed by atoms with Crippen LogP contribution in [0.15, 0.2) is 0 Å². The van der Waals surface area contributed by atoms with Gasteiger partial charge in [0.2, 0.25) is 11.8 Å². The number of rotatable bonds is 7. The van der Waals surface area contributed by atoms with Gasteiger partial charge in [-0.25, -0.2) is 0 Å². The Hall–Kier alpha value is -0.750. The van der Waals surface area contributed by atoms with Crippen LogP contribution in [0, 0.1) is 5.92 Å². The van der Waals surface area contributed by atoms with Gasteiger partial charge >= 0.3 is 0 Å². The van der Waals surface area contributed by atoms with Gasteiger partial charge in [0.05, 0.1) is 11.4 Å². The number of nitrogens with one attached hydrogen (secondary N) is 1. The van der Waals surface area contributed by atoms with Crippen molar-refractivity contribution in [3.63, 3.8) is 0 Å².